The van der Waals surface area contributed by atoms with Gasteiger partial charge in [0.1, 0.15) is 5.75 Å². The lowest BCUT2D eigenvalue weighted by atomic mass is 9.87. The van der Waals surface area contributed by atoms with E-state index in [9.17, 15) is 0 Å². The van der Waals surface area contributed by atoms with E-state index < -0.39 is 0 Å². The Morgan fingerprint density at radius 1 is 1.28 bits per heavy atom. The Kier molecular flexibility index (Phi) is 3.62. The van der Waals surface area contributed by atoms with Crippen LogP contribution in [0.2, 0.25) is 0 Å². The van der Waals surface area contributed by atoms with E-state index in [0.29, 0.717) is 5.92 Å². The quantitative estimate of drug-likeness (QED) is 0.904. The molecule has 2 nitrogen and oxygen atoms in total. The molecule has 1 aromatic rings. The maximum atomic E-state index is 5.69. The second kappa shape index (κ2) is 5.22. The lowest BCUT2D eigenvalue weighted by Crippen LogP contribution is -2.27. The molecule has 1 N–H and O–H groups in total. The lowest BCUT2D eigenvalue weighted by Gasteiger charge is -2.26. The van der Waals surface area contributed by atoms with Crippen molar-refractivity contribution in [1.82, 2.24) is 5.32 Å². The fraction of sp³-hybridized carbons (Fsp3) is 0.600. The number of aryl methyl sites for hydroxylation is 1. The first kappa shape index (κ1) is 12.5. The molecule has 1 saturated heterocycles. The molecule has 3 rings (SSSR count). The number of fused-ring (bicyclic) bond motifs is 1. The van der Waals surface area contributed by atoms with E-state index in [-0.39, 0.29) is 0 Å². The Hall–Kier alpha value is -0.540. The summed E-state index contributed by atoms with van der Waals surface area (Å²) in [6.45, 7) is 2.26. The van der Waals surface area contributed by atoms with Crippen molar-refractivity contribution in [2.45, 2.75) is 38.0 Å². The van der Waals surface area contributed by atoms with Crippen LogP contribution >= 0.6 is 15.9 Å². The normalized spacial score (nSPS) is 19.9. The van der Waals surface area contributed by atoms with E-state index in [1.165, 1.54) is 53.3 Å². The summed E-state index contributed by atoms with van der Waals surface area (Å²) in [4.78, 5) is 0. The molecule has 1 fully saturated rings. The summed E-state index contributed by atoms with van der Waals surface area (Å²) in [5.74, 6) is 1.74. The molecule has 1 aliphatic heterocycles. The highest BCUT2D eigenvalue weighted by Crippen LogP contribution is 2.43. The Morgan fingerprint density at radius 2 is 2.06 bits per heavy atom. The van der Waals surface area contributed by atoms with Crippen molar-refractivity contribution < 1.29 is 4.74 Å². The maximum absolute atomic E-state index is 5.69. The van der Waals surface area contributed by atoms with Crippen molar-refractivity contribution in [3.8, 4) is 5.75 Å². The molecule has 2 aliphatic rings. The summed E-state index contributed by atoms with van der Waals surface area (Å²) >= 11 is 3.77. The maximum Gasteiger partial charge on any atom is 0.136 e. The molecule has 0 spiro atoms. The zero-order chi connectivity index (χ0) is 12.5. The number of halogens is 1. The highest BCUT2D eigenvalue weighted by molar-refractivity contribution is 9.10. The van der Waals surface area contributed by atoms with E-state index >= 15 is 0 Å². The third-order valence-electron chi connectivity index (χ3n) is 4.30. The third kappa shape index (κ3) is 2.08. The summed E-state index contributed by atoms with van der Waals surface area (Å²) in [5.41, 5.74) is 4.44. The molecule has 0 amide bonds. The van der Waals surface area contributed by atoms with Crippen LogP contribution in [0.5, 0.6) is 5.75 Å². The van der Waals surface area contributed by atoms with Crippen LogP contribution in [-0.2, 0) is 12.8 Å². The minimum atomic E-state index is 0.656. The number of benzene rings is 1. The summed E-state index contributed by atoms with van der Waals surface area (Å²) in [5, 5.41) is 3.44. The summed E-state index contributed by atoms with van der Waals surface area (Å²) in [6.07, 6.45) is 6.16. The number of rotatable bonds is 2. The van der Waals surface area contributed by atoms with Crippen molar-refractivity contribution in [3.05, 3.63) is 27.2 Å². The van der Waals surface area contributed by atoms with Crippen LogP contribution in [0, 0.1) is 0 Å². The average molecular weight is 310 g/mol. The molecule has 98 valence electrons. The van der Waals surface area contributed by atoms with Gasteiger partial charge in [-0.2, -0.15) is 0 Å². The largest absolute Gasteiger partial charge is 0.495 e. The van der Waals surface area contributed by atoms with E-state index in [2.05, 4.69) is 27.3 Å². The summed E-state index contributed by atoms with van der Waals surface area (Å²) < 4.78 is 6.90. The Bertz CT molecular complexity index is 452. The Morgan fingerprint density at radius 3 is 2.78 bits per heavy atom. The molecule has 0 radical (unpaired) electrons. The van der Waals surface area contributed by atoms with Crippen LogP contribution in [0.3, 0.4) is 0 Å². The van der Waals surface area contributed by atoms with E-state index in [0.717, 1.165) is 18.8 Å². The summed E-state index contributed by atoms with van der Waals surface area (Å²) in [6, 6.07) is 2.42. The monoisotopic (exact) mass is 309 g/mol. The topological polar surface area (TPSA) is 21.3 Å². The smallest absolute Gasteiger partial charge is 0.136 e. The first-order valence-electron chi connectivity index (χ1n) is 6.90. The molecule has 0 bridgehead atoms. The van der Waals surface area contributed by atoms with Gasteiger partial charge in [-0.1, -0.05) is 6.07 Å². The van der Waals surface area contributed by atoms with Crippen molar-refractivity contribution >= 4 is 15.9 Å². The van der Waals surface area contributed by atoms with Crippen LogP contribution in [0.25, 0.3) is 0 Å². The molecule has 0 unspecified atom stereocenters. The van der Waals surface area contributed by atoms with Gasteiger partial charge >= 0.3 is 0 Å². The number of piperidine rings is 1. The van der Waals surface area contributed by atoms with Crippen LogP contribution in [0.4, 0.5) is 0 Å². The van der Waals surface area contributed by atoms with Crippen LogP contribution < -0.4 is 10.1 Å². The van der Waals surface area contributed by atoms with Gasteiger partial charge in [0, 0.05) is 0 Å². The van der Waals surface area contributed by atoms with Gasteiger partial charge in [-0.3, -0.25) is 0 Å². The van der Waals surface area contributed by atoms with E-state index in [4.69, 9.17) is 4.74 Å². The lowest BCUT2D eigenvalue weighted by molar-refractivity contribution is 0.388. The predicted molar refractivity (Wildman–Crippen MR) is 77.6 cm³/mol. The van der Waals surface area contributed by atoms with Crippen LogP contribution in [-0.4, -0.2) is 20.2 Å². The Labute approximate surface area is 117 Å². The van der Waals surface area contributed by atoms with Gasteiger partial charge in [0.25, 0.3) is 0 Å². The fourth-order valence-corrected chi connectivity index (χ4v) is 4.18. The number of nitrogens with one attached hydrogen (secondary N) is 1. The minimum absolute atomic E-state index is 0.656. The second-order valence-electron chi connectivity index (χ2n) is 5.33. The third-order valence-corrected chi connectivity index (χ3v) is 5.14. The zero-order valence-electron chi connectivity index (χ0n) is 10.9. The molecule has 1 aliphatic carbocycles. The average Bonchev–Trinajstić information content (AvgIpc) is 2.88. The van der Waals surface area contributed by atoms with Crippen molar-refractivity contribution in [1.29, 1.82) is 0 Å². The van der Waals surface area contributed by atoms with Gasteiger partial charge in [0.05, 0.1) is 11.6 Å². The number of methoxy groups -OCH3 is 1. The number of ether oxygens (including phenoxy) is 1. The fourth-order valence-electron chi connectivity index (χ4n) is 3.34. The van der Waals surface area contributed by atoms with Crippen molar-refractivity contribution in [2.24, 2.45) is 0 Å². The first-order chi connectivity index (χ1) is 8.81. The minimum Gasteiger partial charge on any atom is -0.495 e. The standard InChI is InChI=1S/C15H20BrNO/c1-18-15-13(10-5-7-17-8-6-10)9-11-3-2-4-12(11)14(15)16/h9-10,17H,2-8H2,1H3. The van der Waals surface area contributed by atoms with Gasteiger partial charge in [0.2, 0.25) is 0 Å². The Balaban J connectivity index is 2.04. The number of hydrogen-bond acceptors (Lipinski definition) is 2. The first-order valence-corrected chi connectivity index (χ1v) is 7.69. The molecular formula is C15H20BrNO. The zero-order valence-corrected chi connectivity index (χ0v) is 12.5. The molecular weight excluding hydrogens is 290 g/mol. The molecule has 0 atom stereocenters. The van der Waals surface area contributed by atoms with E-state index in [1.54, 1.807) is 7.11 Å². The molecule has 18 heavy (non-hydrogen) atoms. The molecule has 3 heteroatoms. The highest BCUT2D eigenvalue weighted by atomic mass is 79.9. The molecule has 0 aromatic heterocycles. The SMILES string of the molecule is COc1c(C2CCNCC2)cc2c(c1Br)CCC2. The molecule has 1 aromatic carbocycles. The molecule has 1 heterocycles. The van der Waals surface area contributed by atoms with Gasteiger partial charge < -0.3 is 10.1 Å². The predicted octanol–water partition coefficient (Wildman–Crippen LogP) is 3.41. The number of hydrogen-bond donors (Lipinski definition) is 1. The van der Waals surface area contributed by atoms with Gasteiger partial charge in [-0.05, 0) is 83.7 Å². The van der Waals surface area contributed by atoms with Crippen molar-refractivity contribution in [3.63, 3.8) is 0 Å². The van der Waals surface area contributed by atoms with Gasteiger partial charge in [0.15, 0.2) is 0 Å². The molecule has 0 saturated carbocycles. The summed E-state index contributed by atoms with van der Waals surface area (Å²) in [7, 11) is 1.80. The second-order valence-corrected chi connectivity index (χ2v) is 6.12. The van der Waals surface area contributed by atoms with Crippen LogP contribution in [0.15, 0.2) is 10.5 Å². The van der Waals surface area contributed by atoms with Crippen LogP contribution in [0.1, 0.15) is 41.9 Å². The van der Waals surface area contributed by atoms with Crippen molar-refractivity contribution in [2.75, 3.05) is 20.2 Å². The van der Waals surface area contributed by atoms with Gasteiger partial charge in [-0.25, -0.2) is 0 Å². The van der Waals surface area contributed by atoms with E-state index in [1.807, 2.05) is 0 Å². The van der Waals surface area contributed by atoms with Gasteiger partial charge in [-0.15, -0.1) is 0 Å². The highest BCUT2D eigenvalue weighted by Gasteiger charge is 2.25.